The molecule has 0 aliphatic carbocycles. The third-order valence-electron chi connectivity index (χ3n) is 4.20. The monoisotopic (exact) mass is 360 g/mol. The first-order chi connectivity index (χ1) is 12.1. The smallest absolute Gasteiger partial charge is 0.254 e. The number of hydrogen-bond donors (Lipinski definition) is 2. The molecule has 2 amide bonds. The van der Waals surface area contributed by atoms with Crippen molar-refractivity contribution < 1.29 is 19.1 Å². The van der Waals surface area contributed by atoms with Gasteiger partial charge in [0.2, 0.25) is 0 Å². The van der Waals surface area contributed by atoms with E-state index in [-0.39, 0.29) is 11.8 Å². The molecule has 1 aliphatic heterocycles. The maximum absolute atomic E-state index is 12.6. The molecule has 6 nitrogen and oxygen atoms in total. The molecule has 0 bridgehead atoms. The highest BCUT2D eigenvalue weighted by Crippen LogP contribution is 2.35. The summed E-state index contributed by atoms with van der Waals surface area (Å²) in [6.45, 7) is 1.12. The van der Waals surface area contributed by atoms with Crippen LogP contribution in [0.4, 0.5) is 5.00 Å². The van der Waals surface area contributed by atoms with E-state index in [0.29, 0.717) is 23.8 Å². The van der Waals surface area contributed by atoms with Crippen LogP contribution in [0.5, 0.6) is 0 Å². The molecule has 3 rings (SSSR count). The molecule has 7 heteroatoms. The van der Waals surface area contributed by atoms with Crippen LogP contribution in [0.25, 0.3) is 10.4 Å². The van der Waals surface area contributed by atoms with Gasteiger partial charge in [-0.3, -0.25) is 9.59 Å². The number of hydrogen-bond acceptors (Lipinski definition) is 5. The zero-order chi connectivity index (χ0) is 17.8. The molecule has 1 fully saturated rings. The molecule has 1 aliphatic rings. The second kappa shape index (κ2) is 7.77. The standard InChI is InChI=1S/C18H20N2O4S/c1-23-15(12-7-8-24-10-12)17(22)20-18-13(16(19)21)9-14(25-18)11-5-3-2-4-6-11/h2-6,9,12,15H,7-8,10H2,1H3,(H2,19,21)(H,20,22). The van der Waals surface area contributed by atoms with Crippen LogP contribution in [0.15, 0.2) is 36.4 Å². The third kappa shape index (κ3) is 3.89. The number of thiophene rings is 1. The fourth-order valence-corrected chi connectivity index (χ4v) is 3.97. The number of anilines is 1. The van der Waals surface area contributed by atoms with Crippen molar-refractivity contribution in [1.82, 2.24) is 0 Å². The molecule has 0 spiro atoms. The summed E-state index contributed by atoms with van der Waals surface area (Å²) in [6.07, 6.45) is 0.152. The SMILES string of the molecule is COC(C(=O)Nc1sc(-c2ccccc2)cc1C(N)=O)C1CCOC1. The van der Waals surface area contributed by atoms with Crippen molar-refractivity contribution in [3.8, 4) is 10.4 Å². The highest BCUT2D eigenvalue weighted by atomic mass is 32.1. The summed E-state index contributed by atoms with van der Waals surface area (Å²) in [6, 6.07) is 11.3. The van der Waals surface area contributed by atoms with Crippen LogP contribution < -0.4 is 11.1 Å². The first-order valence-corrected chi connectivity index (χ1v) is 8.82. The summed E-state index contributed by atoms with van der Waals surface area (Å²) >= 11 is 1.32. The van der Waals surface area contributed by atoms with E-state index in [9.17, 15) is 9.59 Å². The summed E-state index contributed by atoms with van der Waals surface area (Å²) in [7, 11) is 1.50. The quantitative estimate of drug-likeness (QED) is 0.828. The van der Waals surface area contributed by atoms with Crippen molar-refractivity contribution in [1.29, 1.82) is 0 Å². The Balaban J connectivity index is 1.84. The number of rotatable bonds is 6. The van der Waals surface area contributed by atoms with Gasteiger partial charge < -0.3 is 20.5 Å². The predicted molar refractivity (Wildman–Crippen MR) is 96.6 cm³/mol. The molecule has 0 saturated carbocycles. The summed E-state index contributed by atoms with van der Waals surface area (Å²) < 4.78 is 10.7. The number of carbonyl (C=O) groups excluding carboxylic acids is 2. The Bertz CT molecular complexity index is 754. The summed E-state index contributed by atoms with van der Waals surface area (Å²) in [5.74, 6) is -0.857. The van der Waals surface area contributed by atoms with Crippen LogP contribution in [-0.4, -0.2) is 38.2 Å². The Kier molecular flexibility index (Phi) is 5.47. The lowest BCUT2D eigenvalue weighted by Crippen LogP contribution is -2.36. The molecule has 0 radical (unpaired) electrons. The number of amides is 2. The molecule has 1 saturated heterocycles. The lowest BCUT2D eigenvalue weighted by atomic mass is 10.0. The molecule has 2 unspecified atom stereocenters. The van der Waals surface area contributed by atoms with Gasteiger partial charge in [-0.1, -0.05) is 30.3 Å². The fraction of sp³-hybridized carbons (Fsp3) is 0.333. The van der Waals surface area contributed by atoms with Crippen molar-refractivity contribution in [3.63, 3.8) is 0 Å². The Morgan fingerprint density at radius 3 is 2.72 bits per heavy atom. The minimum Gasteiger partial charge on any atom is -0.381 e. The minimum atomic E-state index is -0.620. The number of nitrogens with one attached hydrogen (secondary N) is 1. The van der Waals surface area contributed by atoms with Gasteiger partial charge in [0.15, 0.2) is 0 Å². The minimum absolute atomic E-state index is 0.00980. The lowest BCUT2D eigenvalue weighted by Gasteiger charge is -2.19. The number of carbonyl (C=O) groups is 2. The number of methoxy groups -OCH3 is 1. The molecule has 2 heterocycles. The Labute approximate surface area is 149 Å². The van der Waals surface area contributed by atoms with Crippen molar-refractivity contribution >= 4 is 28.2 Å². The van der Waals surface area contributed by atoms with Crippen LogP contribution in [0.2, 0.25) is 0 Å². The molecular formula is C18H20N2O4S. The van der Waals surface area contributed by atoms with Gasteiger partial charge in [-0.05, 0) is 18.1 Å². The van der Waals surface area contributed by atoms with Crippen LogP contribution in [0.3, 0.4) is 0 Å². The first-order valence-electron chi connectivity index (χ1n) is 8.00. The van der Waals surface area contributed by atoms with E-state index in [1.807, 2.05) is 30.3 Å². The highest BCUT2D eigenvalue weighted by molar-refractivity contribution is 7.20. The van der Waals surface area contributed by atoms with E-state index in [0.717, 1.165) is 16.9 Å². The van der Waals surface area contributed by atoms with Gasteiger partial charge >= 0.3 is 0 Å². The lowest BCUT2D eigenvalue weighted by molar-refractivity contribution is -0.128. The Morgan fingerprint density at radius 1 is 1.36 bits per heavy atom. The van der Waals surface area contributed by atoms with Crippen LogP contribution in [0, 0.1) is 5.92 Å². The topological polar surface area (TPSA) is 90.6 Å². The summed E-state index contributed by atoms with van der Waals surface area (Å²) in [5, 5.41) is 3.25. The summed E-state index contributed by atoms with van der Waals surface area (Å²) in [4.78, 5) is 25.2. The van der Waals surface area contributed by atoms with Gasteiger partial charge in [-0.15, -0.1) is 11.3 Å². The fourth-order valence-electron chi connectivity index (χ4n) is 2.90. The number of ether oxygens (including phenoxy) is 2. The maximum atomic E-state index is 12.6. The van der Waals surface area contributed by atoms with Gasteiger partial charge in [-0.25, -0.2) is 0 Å². The maximum Gasteiger partial charge on any atom is 0.254 e. The zero-order valence-electron chi connectivity index (χ0n) is 13.9. The molecule has 2 aromatic rings. The van der Waals surface area contributed by atoms with E-state index in [1.54, 1.807) is 6.07 Å². The zero-order valence-corrected chi connectivity index (χ0v) is 14.7. The molecule has 1 aromatic carbocycles. The molecule has 25 heavy (non-hydrogen) atoms. The van der Waals surface area contributed by atoms with Crippen LogP contribution in [0.1, 0.15) is 16.8 Å². The van der Waals surface area contributed by atoms with E-state index >= 15 is 0 Å². The summed E-state index contributed by atoms with van der Waals surface area (Å²) in [5.41, 5.74) is 6.74. The van der Waals surface area contributed by atoms with E-state index in [4.69, 9.17) is 15.2 Å². The molecule has 1 aromatic heterocycles. The predicted octanol–water partition coefficient (Wildman–Crippen LogP) is 2.50. The first kappa shape index (κ1) is 17.6. The molecular weight excluding hydrogens is 340 g/mol. The van der Waals surface area contributed by atoms with Gasteiger partial charge in [0, 0.05) is 24.5 Å². The van der Waals surface area contributed by atoms with E-state index in [1.165, 1.54) is 18.4 Å². The van der Waals surface area contributed by atoms with Crippen molar-refractivity contribution in [2.75, 3.05) is 25.6 Å². The van der Waals surface area contributed by atoms with Crippen molar-refractivity contribution in [2.45, 2.75) is 12.5 Å². The molecule has 132 valence electrons. The second-order valence-corrected chi connectivity index (χ2v) is 6.91. The van der Waals surface area contributed by atoms with Gasteiger partial charge in [0.25, 0.3) is 11.8 Å². The Morgan fingerprint density at radius 2 is 2.12 bits per heavy atom. The number of primary amides is 1. The Hall–Kier alpha value is -2.22. The average molecular weight is 360 g/mol. The number of nitrogens with two attached hydrogens (primary N) is 1. The molecule has 2 atom stereocenters. The van der Waals surface area contributed by atoms with E-state index in [2.05, 4.69) is 5.32 Å². The second-order valence-electron chi connectivity index (χ2n) is 5.85. The van der Waals surface area contributed by atoms with Crippen molar-refractivity contribution in [3.05, 3.63) is 42.0 Å². The largest absolute Gasteiger partial charge is 0.381 e. The van der Waals surface area contributed by atoms with E-state index < -0.39 is 12.0 Å². The average Bonchev–Trinajstić information content (AvgIpc) is 3.26. The normalized spacial score (nSPS) is 18.0. The highest BCUT2D eigenvalue weighted by Gasteiger charge is 2.32. The molecule has 3 N–H and O–H groups in total. The number of benzene rings is 1. The third-order valence-corrected chi connectivity index (χ3v) is 5.30. The van der Waals surface area contributed by atoms with Gasteiger partial charge in [0.05, 0.1) is 12.2 Å². The van der Waals surface area contributed by atoms with Crippen LogP contribution in [-0.2, 0) is 14.3 Å². The van der Waals surface area contributed by atoms with Gasteiger partial charge in [-0.2, -0.15) is 0 Å². The van der Waals surface area contributed by atoms with Gasteiger partial charge in [0.1, 0.15) is 11.1 Å². The van der Waals surface area contributed by atoms with Crippen molar-refractivity contribution in [2.24, 2.45) is 11.7 Å². The van der Waals surface area contributed by atoms with Crippen LogP contribution >= 0.6 is 11.3 Å².